The Morgan fingerprint density at radius 1 is 1.40 bits per heavy atom. The van der Waals surface area contributed by atoms with Crippen LogP contribution in [0.3, 0.4) is 0 Å². The van der Waals surface area contributed by atoms with Crippen LogP contribution < -0.4 is 0 Å². The second-order valence-electron chi connectivity index (χ2n) is 6.51. The Kier molecular flexibility index (Phi) is 5.30. The summed E-state index contributed by atoms with van der Waals surface area (Å²) in [5.41, 5.74) is 2.30. The van der Waals surface area contributed by atoms with Gasteiger partial charge in [-0.15, -0.1) is 0 Å². The predicted octanol–water partition coefficient (Wildman–Crippen LogP) is 3.95. The summed E-state index contributed by atoms with van der Waals surface area (Å²) in [4.78, 5) is 0. The first kappa shape index (κ1) is 16.0. The fourth-order valence-corrected chi connectivity index (χ4v) is 3.87. The SMILES string of the molecule is CCn1nc(C)c(Br)c1CC1CC(C(C)C)CCC1O. The summed E-state index contributed by atoms with van der Waals surface area (Å²) in [5, 5.41) is 14.9. The van der Waals surface area contributed by atoms with Gasteiger partial charge in [-0.1, -0.05) is 13.8 Å². The van der Waals surface area contributed by atoms with Gasteiger partial charge in [0, 0.05) is 6.54 Å². The summed E-state index contributed by atoms with van der Waals surface area (Å²) in [6.45, 7) is 9.65. The minimum Gasteiger partial charge on any atom is -0.393 e. The minimum atomic E-state index is -0.155. The van der Waals surface area contributed by atoms with Gasteiger partial charge in [-0.05, 0) is 73.2 Å². The number of rotatable bonds is 4. The maximum atomic E-state index is 10.3. The molecule has 0 aliphatic heterocycles. The average molecular weight is 343 g/mol. The van der Waals surface area contributed by atoms with Crippen LogP contribution >= 0.6 is 15.9 Å². The molecule has 1 N–H and O–H groups in total. The van der Waals surface area contributed by atoms with Crippen LogP contribution in [0, 0.1) is 24.7 Å². The molecule has 0 bridgehead atoms. The smallest absolute Gasteiger partial charge is 0.0738 e. The first-order valence-corrected chi connectivity index (χ1v) is 8.63. The van der Waals surface area contributed by atoms with Crippen molar-refractivity contribution in [2.75, 3.05) is 0 Å². The van der Waals surface area contributed by atoms with Crippen molar-refractivity contribution in [3.05, 3.63) is 15.9 Å². The maximum Gasteiger partial charge on any atom is 0.0738 e. The molecule has 20 heavy (non-hydrogen) atoms. The van der Waals surface area contributed by atoms with Crippen LogP contribution in [-0.4, -0.2) is 21.0 Å². The molecule has 1 aliphatic carbocycles. The highest BCUT2D eigenvalue weighted by molar-refractivity contribution is 9.10. The number of aliphatic hydroxyl groups excluding tert-OH is 1. The van der Waals surface area contributed by atoms with Gasteiger partial charge in [-0.3, -0.25) is 4.68 Å². The van der Waals surface area contributed by atoms with E-state index >= 15 is 0 Å². The first-order chi connectivity index (χ1) is 9.43. The van der Waals surface area contributed by atoms with Crippen LogP contribution in [0.15, 0.2) is 4.47 Å². The van der Waals surface area contributed by atoms with Crippen molar-refractivity contribution in [1.82, 2.24) is 9.78 Å². The van der Waals surface area contributed by atoms with Crippen LogP contribution in [0.25, 0.3) is 0 Å². The monoisotopic (exact) mass is 342 g/mol. The Morgan fingerprint density at radius 3 is 2.70 bits per heavy atom. The molecule has 1 fully saturated rings. The molecular weight excluding hydrogens is 316 g/mol. The van der Waals surface area contributed by atoms with E-state index in [0.29, 0.717) is 11.8 Å². The van der Waals surface area contributed by atoms with E-state index in [1.807, 2.05) is 6.92 Å². The molecule has 4 heteroatoms. The molecule has 0 spiro atoms. The topological polar surface area (TPSA) is 38.0 Å². The van der Waals surface area contributed by atoms with E-state index in [1.165, 1.54) is 12.1 Å². The van der Waals surface area contributed by atoms with E-state index in [0.717, 1.165) is 41.9 Å². The van der Waals surface area contributed by atoms with Gasteiger partial charge in [0.2, 0.25) is 0 Å². The Morgan fingerprint density at radius 2 is 2.10 bits per heavy atom. The Labute approximate surface area is 130 Å². The fourth-order valence-electron chi connectivity index (χ4n) is 3.42. The molecule has 3 atom stereocenters. The number of halogens is 1. The molecule has 0 saturated heterocycles. The summed E-state index contributed by atoms with van der Waals surface area (Å²) in [5.74, 6) is 1.83. The number of hydrogen-bond donors (Lipinski definition) is 1. The molecule has 0 amide bonds. The number of aromatic nitrogens is 2. The average Bonchev–Trinajstić information content (AvgIpc) is 2.68. The zero-order valence-corrected chi connectivity index (χ0v) is 14.7. The molecule has 1 saturated carbocycles. The molecule has 114 valence electrons. The molecule has 1 aromatic heterocycles. The predicted molar refractivity (Wildman–Crippen MR) is 85.7 cm³/mol. The lowest BCUT2D eigenvalue weighted by Crippen LogP contribution is -2.33. The van der Waals surface area contributed by atoms with E-state index in [4.69, 9.17) is 0 Å². The van der Waals surface area contributed by atoms with Crippen molar-refractivity contribution >= 4 is 15.9 Å². The summed E-state index contributed by atoms with van der Waals surface area (Å²) < 4.78 is 3.20. The third-order valence-corrected chi connectivity index (χ3v) is 5.87. The van der Waals surface area contributed by atoms with Crippen LogP contribution in [-0.2, 0) is 13.0 Å². The number of aliphatic hydroxyl groups is 1. The standard InChI is InChI=1S/C16H27BrN2O/c1-5-19-14(16(17)11(4)18-19)9-13-8-12(10(2)3)6-7-15(13)20/h10,12-13,15,20H,5-9H2,1-4H3. The number of hydrogen-bond acceptors (Lipinski definition) is 2. The quantitative estimate of drug-likeness (QED) is 0.899. The minimum absolute atomic E-state index is 0.155. The highest BCUT2D eigenvalue weighted by Gasteiger charge is 2.32. The molecule has 0 radical (unpaired) electrons. The van der Waals surface area contributed by atoms with Gasteiger partial charge >= 0.3 is 0 Å². The van der Waals surface area contributed by atoms with Gasteiger partial charge in [-0.25, -0.2) is 0 Å². The van der Waals surface area contributed by atoms with Crippen molar-refractivity contribution in [1.29, 1.82) is 0 Å². The Balaban J connectivity index is 2.15. The molecule has 3 unspecified atom stereocenters. The lowest BCUT2D eigenvalue weighted by atomic mass is 9.73. The summed E-state index contributed by atoms with van der Waals surface area (Å²) >= 11 is 3.67. The van der Waals surface area contributed by atoms with E-state index in [2.05, 4.69) is 46.5 Å². The summed E-state index contributed by atoms with van der Waals surface area (Å²) in [7, 11) is 0. The lowest BCUT2D eigenvalue weighted by molar-refractivity contribution is 0.0368. The molecule has 1 aliphatic rings. The van der Waals surface area contributed by atoms with Crippen molar-refractivity contribution < 1.29 is 5.11 Å². The zero-order chi connectivity index (χ0) is 14.9. The summed E-state index contributed by atoms with van der Waals surface area (Å²) in [6, 6.07) is 0. The van der Waals surface area contributed by atoms with Crippen molar-refractivity contribution in [3.8, 4) is 0 Å². The second-order valence-corrected chi connectivity index (χ2v) is 7.30. The van der Waals surface area contributed by atoms with Crippen LogP contribution in [0.1, 0.15) is 51.4 Å². The van der Waals surface area contributed by atoms with E-state index in [-0.39, 0.29) is 6.10 Å². The van der Waals surface area contributed by atoms with Crippen LogP contribution in [0.2, 0.25) is 0 Å². The number of nitrogens with zero attached hydrogens (tertiary/aromatic N) is 2. The first-order valence-electron chi connectivity index (χ1n) is 7.83. The maximum absolute atomic E-state index is 10.3. The van der Waals surface area contributed by atoms with E-state index < -0.39 is 0 Å². The molecular formula is C16H27BrN2O. The molecule has 1 heterocycles. The van der Waals surface area contributed by atoms with Crippen molar-refractivity contribution in [3.63, 3.8) is 0 Å². The highest BCUT2D eigenvalue weighted by atomic mass is 79.9. The zero-order valence-electron chi connectivity index (χ0n) is 13.1. The van der Waals surface area contributed by atoms with Gasteiger partial charge in [0.15, 0.2) is 0 Å². The lowest BCUT2D eigenvalue weighted by Gasteiger charge is -2.35. The second kappa shape index (κ2) is 6.61. The molecule has 3 nitrogen and oxygen atoms in total. The van der Waals surface area contributed by atoms with Crippen molar-refractivity contribution in [2.45, 2.75) is 66.0 Å². The molecule has 2 rings (SSSR count). The van der Waals surface area contributed by atoms with Gasteiger partial charge in [-0.2, -0.15) is 5.10 Å². The number of aryl methyl sites for hydroxylation is 2. The molecule has 1 aromatic rings. The highest BCUT2D eigenvalue weighted by Crippen LogP contribution is 2.37. The van der Waals surface area contributed by atoms with E-state index in [9.17, 15) is 5.11 Å². The Hall–Kier alpha value is -0.350. The van der Waals surface area contributed by atoms with E-state index in [1.54, 1.807) is 0 Å². The van der Waals surface area contributed by atoms with Gasteiger partial charge < -0.3 is 5.11 Å². The normalized spacial score (nSPS) is 27.2. The Bertz CT molecular complexity index is 456. The van der Waals surface area contributed by atoms with Gasteiger partial charge in [0.25, 0.3) is 0 Å². The van der Waals surface area contributed by atoms with Gasteiger partial charge in [0.1, 0.15) is 0 Å². The largest absolute Gasteiger partial charge is 0.393 e. The van der Waals surface area contributed by atoms with Gasteiger partial charge in [0.05, 0.1) is 22.0 Å². The fraction of sp³-hybridized carbons (Fsp3) is 0.812. The third kappa shape index (κ3) is 3.28. The summed E-state index contributed by atoms with van der Waals surface area (Å²) in [6.07, 6.45) is 4.03. The van der Waals surface area contributed by atoms with Crippen LogP contribution in [0.4, 0.5) is 0 Å². The third-order valence-electron chi connectivity index (χ3n) is 4.83. The molecule has 0 aromatic carbocycles. The van der Waals surface area contributed by atoms with Crippen LogP contribution in [0.5, 0.6) is 0 Å². The van der Waals surface area contributed by atoms with Crippen molar-refractivity contribution in [2.24, 2.45) is 17.8 Å².